The van der Waals surface area contributed by atoms with E-state index in [1.54, 1.807) is 18.7 Å². The van der Waals surface area contributed by atoms with E-state index in [2.05, 4.69) is 29.4 Å². The Labute approximate surface area is 151 Å². The van der Waals surface area contributed by atoms with Crippen molar-refractivity contribution in [3.05, 3.63) is 0 Å². The van der Waals surface area contributed by atoms with Gasteiger partial charge >= 0.3 is 0 Å². The fraction of sp³-hybridized carbons (Fsp3) is 0.786. The van der Waals surface area contributed by atoms with Crippen molar-refractivity contribution in [1.29, 1.82) is 0 Å². The van der Waals surface area contributed by atoms with Crippen molar-refractivity contribution in [3.63, 3.8) is 0 Å². The first-order chi connectivity index (χ1) is 11.3. The summed E-state index contributed by atoms with van der Waals surface area (Å²) in [4.78, 5) is 12.3. The molecule has 0 atom stereocenters. The van der Waals surface area contributed by atoms with Crippen LogP contribution in [0.15, 0.2) is 4.34 Å². The fourth-order valence-corrected chi connectivity index (χ4v) is 5.21. The zero-order valence-corrected chi connectivity index (χ0v) is 16.6. The highest BCUT2D eigenvalue weighted by Crippen LogP contribution is 2.28. The van der Waals surface area contributed by atoms with Gasteiger partial charge in [0.1, 0.15) is 0 Å². The van der Waals surface area contributed by atoms with Gasteiger partial charge in [0.25, 0.3) is 0 Å². The minimum Gasteiger partial charge on any atom is -0.300 e. The number of aromatic nitrogens is 2. The van der Waals surface area contributed by atoms with Gasteiger partial charge in [-0.25, -0.2) is 12.7 Å². The Hall–Kier alpha value is -0.710. The third kappa shape index (κ3) is 5.40. The van der Waals surface area contributed by atoms with E-state index in [1.807, 2.05) is 0 Å². The number of anilines is 1. The molecule has 2 rings (SSSR count). The molecule has 2 heterocycles. The maximum atomic E-state index is 12.3. The summed E-state index contributed by atoms with van der Waals surface area (Å²) >= 11 is 3.02. The molecule has 136 valence electrons. The molecule has 1 aromatic rings. The van der Waals surface area contributed by atoms with Crippen molar-refractivity contribution < 1.29 is 13.2 Å². The highest BCUT2D eigenvalue weighted by Gasteiger charge is 2.30. The smallest absolute Gasteiger partial charge is 0.229 e. The van der Waals surface area contributed by atoms with E-state index in [1.165, 1.54) is 15.6 Å². The molecule has 1 saturated heterocycles. The molecule has 1 fully saturated rings. The maximum absolute atomic E-state index is 12.3. The molecule has 0 spiro atoms. The molecule has 0 unspecified atom stereocenters. The van der Waals surface area contributed by atoms with Crippen LogP contribution in [0.2, 0.25) is 0 Å². The average Bonchev–Trinajstić information content (AvgIpc) is 3.00. The van der Waals surface area contributed by atoms with E-state index in [4.69, 9.17) is 0 Å². The number of carbonyl (C=O) groups is 1. The third-order valence-electron chi connectivity index (χ3n) is 3.76. The molecule has 0 aromatic carbocycles. The lowest BCUT2D eigenvalue weighted by atomic mass is 9.97. The quantitative estimate of drug-likeness (QED) is 0.565. The molecule has 7 nitrogen and oxygen atoms in total. The molecule has 1 aliphatic rings. The van der Waals surface area contributed by atoms with Gasteiger partial charge in [0.05, 0.1) is 5.75 Å². The van der Waals surface area contributed by atoms with Crippen molar-refractivity contribution >= 4 is 44.2 Å². The zero-order chi connectivity index (χ0) is 17.7. The normalized spacial score (nSPS) is 17.3. The predicted molar refractivity (Wildman–Crippen MR) is 97.9 cm³/mol. The Bertz CT molecular complexity index is 652. The second-order valence-electron chi connectivity index (χ2n) is 6.14. The molecule has 10 heteroatoms. The Kier molecular flexibility index (Phi) is 7.02. The van der Waals surface area contributed by atoms with Crippen molar-refractivity contribution in [3.8, 4) is 0 Å². The molecule has 0 bridgehead atoms. The Morgan fingerprint density at radius 3 is 2.62 bits per heavy atom. The number of carbonyl (C=O) groups excluding carboxylic acids is 1. The highest BCUT2D eigenvalue weighted by atomic mass is 32.2. The highest BCUT2D eigenvalue weighted by molar-refractivity contribution is 8.01. The van der Waals surface area contributed by atoms with E-state index in [-0.39, 0.29) is 17.6 Å². The lowest BCUT2D eigenvalue weighted by Crippen LogP contribution is -2.42. The predicted octanol–water partition coefficient (Wildman–Crippen LogP) is 2.29. The average molecular weight is 393 g/mol. The molecule has 0 aliphatic carbocycles. The molecule has 1 aromatic heterocycles. The zero-order valence-electron chi connectivity index (χ0n) is 14.2. The van der Waals surface area contributed by atoms with Crippen LogP contribution in [0.1, 0.15) is 33.6 Å². The summed E-state index contributed by atoms with van der Waals surface area (Å²) in [5.41, 5.74) is 0. The van der Waals surface area contributed by atoms with Crippen molar-refractivity contribution in [2.24, 2.45) is 11.8 Å². The second-order valence-corrected chi connectivity index (χ2v) is 10.6. The first-order valence-corrected chi connectivity index (χ1v) is 11.5. The number of amides is 1. The lowest BCUT2D eigenvalue weighted by molar-refractivity contribution is -0.120. The minimum atomic E-state index is -3.16. The van der Waals surface area contributed by atoms with Gasteiger partial charge in [-0.1, -0.05) is 36.9 Å². The number of hydrogen-bond donors (Lipinski definition) is 1. The Morgan fingerprint density at radius 2 is 2.04 bits per heavy atom. The molecule has 0 radical (unpaired) electrons. The van der Waals surface area contributed by atoms with Crippen LogP contribution in [0.25, 0.3) is 0 Å². The van der Waals surface area contributed by atoms with Crippen molar-refractivity contribution in [2.45, 2.75) is 38.0 Å². The minimum absolute atomic E-state index is 0.0971. The summed E-state index contributed by atoms with van der Waals surface area (Å²) in [6, 6.07) is 0. The van der Waals surface area contributed by atoms with Gasteiger partial charge in [-0.15, -0.1) is 10.2 Å². The van der Waals surface area contributed by atoms with Crippen LogP contribution in [-0.2, 0) is 14.8 Å². The Morgan fingerprint density at radius 1 is 1.38 bits per heavy atom. The molecule has 1 amide bonds. The van der Waals surface area contributed by atoms with E-state index in [0.29, 0.717) is 37.0 Å². The summed E-state index contributed by atoms with van der Waals surface area (Å²) in [5, 5.41) is 11.4. The molecular weight excluding hydrogens is 368 g/mol. The fourth-order valence-electron chi connectivity index (χ4n) is 2.34. The topological polar surface area (TPSA) is 92.3 Å². The SMILES string of the molecule is CCS(=O)(=O)N1CCC(C(=O)Nc2nnc(SCC(C)C)s2)CC1. The molecule has 24 heavy (non-hydrogen) atoms. The second kappa shape index (κ2) is 8.59. The lowest BCUT2D eigenvalue weighted by Gasteiger charge is -2.29. The standard InChI is InChI=1S/C14H24N4O3S3/c1-4-24(20,21)18-7-5-11(6-8-18)12(19)15-13-16-17-14(23-13)22-9-10(2)3/h10-11H,4-9H2,1-3H3,(H,15,16,19). The van der Waals surface area contributed by atoms with E-state index < -0.39 is 10.0 Å². The van der Waals surface area contributed by atoms with Crippen molar-refractivity contribution in [2.75, 3.05) is 29.9 Å². The van der Waals surface area contributed by atoms with Gasteiger partial charge in [0.15, 0.2) is 4.34 Å². The summed E-state index contributed by atoms with van der Waals surface area (Å²) in [6.07, 6.45) is 1.08. The Balaban J connectivity index is 1.84. The van der Waals surface area contributed by atoms with Crippen LogP contribution < -0.4 is 5.32 Å². The summed E-state index contributed by atoms with van der Waals surface area (Å²) in [7, 11) is -3.16. The number of sulfonamides is 1. The molecule has 1 aliphatic heterocycles. The molecular formula is C14H24N4O3S3. The number of nitrogens with zero attached hydrogens (tertiary/aromatic N) is 3. The monoisotopic (exact) mass is 392 g/mol. The van der Waals surface area contributed by atoms with Crippen LogP contribution in [0.5, 0.6) is 0 Å². The summed E-state index contributed by atoms with van der Waals surface area (Å²) < 4.78 is 26.0. The third-order valence-corrected chi connectivity index (χ3v) is 8.04. The van der Waals surface area contributed by atoms with Crippen LogP contribution >= 0.6 is 23.1 Å². The number of piperidine rings is 1. The van der Waals surface area contributed by atoms with Gasteiger partial charge in [0.2, 0.25) is 21.1 Å². The van der Waals surface area contributed by atoms with Gasteiger partial charge in [-0.3, -0.25) is 4.79 Å². The van der Waals surface area contributed by atoms with E-state index >= 15 is 0 Å². The maximum Gasteiger partial charge on any atom is 0.229 e. The summed E-state index contributed by atoms with van der Waals surface area (Å²) in [5.74, 6) is 1.36. The van der Waals surface area contributed by atoms with Crippen molar-refractivity contribution in [1.82, 2.24) is 14.5 Å². The van der Waals surface area contributed by atoms with Crippen LogP contribution in [-0.4, -0.2) is 53.4 Å². The molecule has 1 N–H and O–H groups in total. The first-order valence-electron chi connectivity index (χ1n) is 8.06. The molecule has 0 saturated carbocycles. The van der Waals surface area contributed by atoms with Gasteiger partial charge < -0.3 is 5.32 Å². The van der Waals surface area contributed by atoms with Crippen LogP contribution in [0.4, 0.5) is 5.13 Å². The van der Waals surface area contributed by atoms with Gasteiger partial charge in [-0.05, 0) is 25.7 Å². The summed E-state index contributed by atoms with van der Waals surface area (Å²) in [6.45, 7) is 6.72. The number of nitrogens with one attached hydrogen (secondary N) is 1. The number of hydrogen-bond acceptors (Lipinski definition) is 7. The number of thioether (sulfide) groups is 1. The van der Waals surface area contributed by atoms with Crippen LogP contribution in [0, 0.1) is 11.8 Å². The largest absolute Gasteiger partial charge is 0.300 e. The van der Waals surface area contributed by atoms with Gasteiger partial charge in [-0.2, -0.15) is 0 Å². The first kappa shape index (κ1) is 19.6. The number of rotatable bonds is 7. The van der Waals surface area contributed by atoms with Crippen LogP contribution in [0.3, 0.4) is 0 Å². The van der Waals surface area contributed by atoms with Gasteiger partial charge in [0, 0.05) is 24.8 Å². The van der Waals surface area contributed by atoms with E-state index in [9.17, 15) is 13.2 Å². The van der Waals surface area contributed by atoms with E-state index in [0.717, 1.165) is 10.1 Å².